The molecule has 1 aliphatic carbocycles. The molecule has 1 atom stereocenters. The van der Waals surface area contributed by atoms with Gasteiger partial charge in [0.2, 0.25) is 5.91 Å². The molecule has 3 aliphatic rings. The molecule has 140 valence electrons. The second-order valence-corrected chi connectivity index (χ2v) is 7.91. The first-order valence-electron chi connectivity index (χ1n) is 9.31. The van der Waals surface area contributed by atoms with Crippen molar-refractivity contribution in [2.24, 2.45) is 5.92 Å². The van der Waals surface area contributed by atoms with E-state index in [1.165, 1.54) is 0 Å². The van der Waals surface area contributed by atoms with Crippen LogP contribution in [-0.4, -0.2) is 62.6 Å². The van der Waals surface area contributed by atoms with Gasteiger partial charge in [0.15, 0.2) is 0 Å². The fourth-order valence-corrected chi connectivity index (χ4v) is 4.04. The summed E-state index contributed by atoms with van der Waals surface area (Å²) in [6, 6.07) is -0.151. The Labute approximate surface area is 152 Å². The van der Waals surface area contributed by atoms with Gasteiger partial charge in [-0.05, 0) is 51.0 Å². The lowest BCUT2D eigenvalue weighted by atomic mass is 9.96. The zero-order chi connectivity index (χ0) is 18.5. The molecular formula is C18H25N5O3. The highest BCUT2D eigenvalue weighted by Gasteiger charge is 2.56. The molecule has 1 N–H and O–H groups in total. The van der Waals surface area contributed by atoms with Crippen molar-refractivity contribution < 1.29 is 14.4 Å². The van der Waals surface area contributed by atoms with E-state index in [2.05, 4.69) is 10.4 Å². The Hall–Kier alpha value is -2.38. The lowest BCUT2D eigenvalue weighted by Crippen LogP contribution is -2.48. The summed E-state index contributed by atoms with van der Waals surface area (Å²) in [5, 5.41) is 7.14. The zero-order valence-corrected chi connectivity index (χ0v) is 15.3. The normalized spacial score (nSPS) is 27.2. The summed E-state index contributed by atoms with van der Waals surface area (Å²) in [6.07, 6.45) is 7.41. The van der Waals surface area contributed by atoms with E-state index < -0.39 is 11.6 Å². The highest BCUT2D eigenvalue weighted by Crippen LogP contribution is 2.42. The van der Waals surface area contributed by atoms with E-state index in [9.17, 15) is 14.4 Å². The SMILES string of the molecule is Cc1cnn(C2CCN(C(=O)CN3C(=O)NC(C)(C4CC4)C3=O)CC2)c1. The highest BCUT2D eigenvalue weighted by atomic mass is 16.2. The number of amides is 4. The van der Waals surface area contributed by atoms with Crippen molar-refractivity contribution >= 4 is 17.8 Å². The molecule has 3 heterocycles. The number of nitrogens with zero attached hydrogens (tertiary/aromatic N) is 4. The van der Waals surface area contributed by atoms with Crippen LogP contribution in [0.4, 0.5) is 4.79 Å². The van der Waals surface area contributed by atoms with Crippen molar-refractivity contribution in [2.75, 3.05) is 19.6 Å². The summed E-state index contributed by atoms with van der Waals surface area (Å²) in [4.78, 5) is 40.3. The van der Waals surface area contributed by atoms with E-state index in [1.807, 2.05) is 24.0 Å². The topological polar surface area (TPSA) is 87.5 Å². The van der Waals surface area contributed by atoms with E-state index in [4.69, 9.17) is 0 Å². The van der Waals surface area contributed by atoms with Gasteiger partial charge in [-0.2, -0.15) is 5.10 Å². The summed E-state index contributed by atoms with van der Waals surface area (Å²) in [5.74, 6) is -0.226. The van der Waals surface area contributed by atoms with Crippen molar-refractivity contribution in [3.63, 3.8) is 0 Å². The van der Waals surface area contributed by atoms with Gasteiger partial charge in [0.05, 0.1) is 12.2 Å². The zero-order valence-electron chi connectivity index (χ0n) is 15.3. The molecule has 4 amide bonds. The number of imide groups is 1. The van der Waals surface area contributed by atoms with Gasteiger partial charge in [0, 0.05) is 19.3 Å². The van der Waals surface area contributed by atoms with Crippen LogP contribution in [0.5, 0.6) is 0 Å². The first-order chi connectivity index (χ1) is 12.4. The monoisotopic (exact) mass is 359 g/mol. The molecule has 1 aromatic rings. The Morgan fingerprint density at radius 1 is 1.27 bits per heavy atom. The fraction of sp³-hybridized carbons (Fsp3) is 0.667. The van der Waals surface area contributed by atoms with Crippen LogP contribution in [0.15, 0.2) is 12.4 Å². The molecule has 0 radical (unpaired) electrons. The number of urea groups is 1. The smallest absolute Gasteiger partial charge is 0.325 e. The lowest BCUT2D eigenvalue weighted by molar-refractivity contribution is -0.139. The molecule has 0 bridgehead atoms. The standard InChI is InChI=1S/C18H25N5O3/c1-12-9-19-23(10-12)14-5-7-21(8-6-14)15(24)11-22-16(25)18(2,13-3-4-13)20-17(22)26/h9-10,13-14H,3-8,11H2,1-2H3,(H,20,26). The van der Waals surface area contributed by atoms with Crippen molar-refractivity contribution in [2.45, 2.75) is 51.1 Å². The maximum Gasteiger partial charge on any atom is 0.325 e. The van der Waals surface area contributed by atoms with Gasteiger partial charge in [0.1, 0.15) is 12.1 Å². The number of likely N-dealkylation sites (tertiary alicyclic amines) is 1. The molecule has 1 saturated carbocycles. The third-order valence-electron chi connectivity index (χ3n) is 5.91. The molecule has 2 saturated heterocycles. The molecule has 2 aliphatic heterocycles. The first kappa shape index (κ1) is 17.1. The minimum absolute atomic E-state index is 0.163. The van der Waals surface area contributed by atoms with Crippen molar-refractivity contribution in [1.82, 2.24) is 24.9 Å². The highest BCUT2D eigenvalue weighted by molar-refractivity contribution is 6.09. The van der Waals surface area contributed by atoms with E-state index in [0.29, 0.717) is 19.1 Å². The quantitative estimate of drug-likeness (QED) is 0.815. The third-order valence-corrected chi connectivity index (χ3v) is 5.91. The van der Waals surface area contributed by atoms with E-state index in [0.717, 1.165) is 36.1 Å². The molecule has 3 fully saturated rings. The largest absolute Gasteiger partial charge is 0.341 e. The molecule has 8 heteroatoms. The number of nitrogens with one attached hydrogen (secondary N) is 1. The van der Waals surface area contributed by atoms with Crippen molar-refractivity contribution in [3.05, 3.63) is 18.0 Å². The van der Waals surface area contributed by atoms with Gasteiger partial charge in [-0.1, -0.05) is 0 Å². The first-order valence-corrected chi connectivity index (χ1v) is 9.31. The van der Waals surface area contributed by atoms with E-state index in [-0.39, 0.29) is 24.3 Å². The van der Waals surface area contributed by atoms with E-state index >= 15 is 0 Å². The Balaban J connectivity index is 1.34. The number of hydrogen-bond acceptors (Lipinski definition) is 4. The molecule has 0 aromatic carbocycles. The summed E-state index contributed by atoms with van der Waals surface area (Å²) >= 11 is 0. The number of aromatic nitrogens is 2. The van der Waals surface area contributed by atoms with Crippen LogP contribution in [0.3, 0.4) is 0 Å². The van der Waals surface area contributed by atoms with Crippen LogP contribution in [0.25, 0.3) is 0 Å². The van der Waals surface area contributed by atoms with Crippen LogP contribution >= 0.6 is 0 Å². The maximum atomic E-state index is 12.6. The van der Waals surface area contributed by atoms with Crippen LogP contribution in [0.2, 0.25) is 0 Å². The Kier molecular flexibility index (Phi) is 4.00. The van der Waals surface area contributed by atoms with Crippen LogP contribution in [0, 0.1) is 12.8 Å². The second kappa shape index (κ2) is 6.10. The predicted molar refractivity (Wildman–Crippen MR) is 93.2 cm³/mol. The summed E-state index contributed by atoms with van der Waals surface area (Å²) < 4.78 is 1.97. The van der Waals surface area contributed by atoms with Gasteiger partial charge in [-0.3, -0.25) is 19.2 Å². The van der Waals surface area contributed by atoms with Gasteiger partial charge in [-0.25, -0.2) is 4.79 Å². The molecule has 26 heavy (non-hydrogen) atoms. The number of piperidine rings is 1. The molecule has 4 rings (SSSR count). The summed E-state index contributed by atoms with van der Waals surface area (Å²) in [6.45, 7) is 4.85. The fourth-order valence-electron chi connectivity index (χ4n) is 4.04. The number of carbonyl (C=O) groups excluding carboxylic acids is 3. The minimum Gasteiger partial charge on any atom is -0.341 e. The molecule has 1 unspecified atom stereocenters. The molecule has 1 aromatic heterocycles. The maximum absolute atomic E-state index is 12.6. The average molecular weight is 359 g/mol. The van der Waals surface area contributed by atoms with Crippen LogP contribution in [-0.2, 0) is 9.59 Å². The second-order valence-electron chi connectivity index (χ2n) is 7.91. The van der Waals surface area contributed by atoms with Crippen molar-refractivity contribution in [1.29, 1.82) is 0 Å². The van der Waals surface area contributed by atoms with Gasteiger partial charge in [0.25, 0.3) is 5.91 Å². The molecule has 0 spiro atoms. The van der Waals surface area contributed by atoms with Crippen molar-refractivity contribution in [3.8, 4) is 0 Å². The number of hydrogen-bond donors (Lipinski definition) is 1. The molecule has 8 nitrogen and oxygen atoms in total. The summed E-state index contributed by atoms with van der Waals surface area (Å²) in [7, 11) is 0. The third kappa shape index (κ3) is 2.87. The number of carbonyl (C=O) groups is 3. The number of rotatable bonds is 4. The Bertz CT molecular complexity index is 748. The van der Waals surface area contributed by atoms with Crippen LogP contribution < -0.4 is 5.32 Å². The lowest BCUT2D eigenvalue weighted by Gasteiger charge is -2.32. The number of aryl methyl sites for hydroxylation is 1. The van der Waals surface area contributed by atoms with E-state index in [1.54, 1.807) is 11.8 Å². The summed E-state index contributed by atoms with van der Waals surface area (Å²) in [5.41, 5.74) is 0.295. The van der Waals surface area contributed by atoms with Gasteiger partial charge in [-0.15, -0.1) is 0 Å². The molecular weight excluding hydrogens is 334 g/mol. The Morgan fingerprint density at radius 3 is 2.54 bits per heavy atom. The van der Waals surface area contributed by atoms with Gasteiger partial charge < -0.3 is 10.2 Å². The Morgan fingerprint density at radius 2 is 1.96 bits per heavy atom. The van der Waals surface area contributed by atoms with Crippen LogP contribution in [0.1, 0.15) is 44.2 Å². The predicted octanol–water partition coefficient (Wildman–Crippen LogP) is 1.08. The average Bonchev–Trinajstić information content (AvgIpc) is 3.36. The van der Waals surface area contributed by atoms with Gasteiger partial charge >= 0.3 is 6.03 Å². The minimum atomic E-state index is -0.831.